The third-order valence-electron chi connectivity index (χ3n) is 4.71. The number of pyridine rings is 1. The normalized spacial score (nSPS) is 12.0. The van der Waals surface area contributed by atoms with Crippen molar-refractivity contribution >= 4 is 42.3 Å². The quantitative estimate of drug-likeness (QED) is 0.306. The van der Waals surface area contributed by atoms with E-state index < -0.39 is 20.0 Å². The summed E-state index contributed by atoms with van der Waals surface area (Å²) in [5.74, 6) is 0.588. The van der Waals surface area contributed by atoms with E-state index in [0.717, 1.165) is 5.39 Å². The van der Waals surface area contributed by atoms with Gasteiger partial charge in [0.15, 0.2) is 5.82 Å². The van der Waals surface area contributed by atoms with Crippen LogP contribution in [-0.4, -0.2) is 40.1 Å². The van der Waals surface area contributed by atoms with Crippen LogP contribution in [0.1, 0.15) is 5.76 Å². The number of anilines is 2. The molecule has 33 heavy (non-hydrogen) atoms. The average Bonchev–Trinajstić information content (AvgIpc) is 3.20. The van der Waals surface area contributed by atoms with Gasteiger partial charge in [-0.25, -0.2) is 21.6 Å². The lowest BCUT2D eigenvalue weighted by Gasteiger charge is -2.11. The van der Waals surface area contributed by atoms with Gasteiger partial charge in [0, 0.05) is 48.0 Å². The number of aromatic nitrogens is 2. The van der Waals surface area contributed by atoms with E-state index >= 15 is 0 Å². The molecule has 0 radical (unpaired) electrons. The summed E-state index contributed by atoms with van der Waals surface area (Å²) >= 11 is 0. The van der Waals surface area contributed by atoms with E-state index in [-0.39, 0.29) is 22.2 Å². The molecule has 4 aromatic rings. The molecule has 0 atom stereocenters. The third kappa shape index (κ3) is 5.30. The molecule has 0 saturated heterocycles. The Kier molecular flexibility index (Phi) is 6.31. The van der Waals surface area contributed by atoms with E-state index in [1.807, 2.05) is 0 Å². The Balaban J connectivity index is 1.34. The van der Waals surface area contributed by atoms with Crippen LogP contribution in [-0.2, 0) is 20.0 Å². The number of nitrogens with one attached hydrogen (secondary N) is 3. The summed E-state index contributed by atoms with van der Waals surface area (Å²) in [7, 11) is -7.52. The molecule has 0 spiro atoms. The minimum absolute atomic E-state index is 0.0554. The molecule has 2 aromatic carbocycles. The van der Waals surface area contributed by atoms with E-state index in [9.17, 15) is 16.8 Å². The Morgan fingerprint density at radius 1 is 0.939 bits per heavy atom. The molecule has 10 nitrogen and oxygen atoms in total. The molecule has 0 unspecified atom stereocenters. The molecule has 4 rings (SSSR count). The van der Waals surface area contributed by atoms with E-state index in [2.05, 4.69) is 24.9 Å². The van der Waals surface area contributed by atoms with Gasteiger partial charge in [-0.05, 0) is 43.3 Å². The lowest BCUT2D eigenvalue weighted by molar-refractivity contribution is 0.400. The van der Waals surface area contributed by atoms with E-state index in [4.69, 9.17) is 4.52 Å². The lowest BCUT2D eigenvalue weighted by atomic mass is 10.2. The summed E-state index contributed by atoms with van der Waals surface area (Å²) in [6.07, 6.45) is 3.16. The van der Waals surface area contributed by atoms with E-state index in [0.29, 0.717) is 23.4 Å². The zero-order chi connectivity index (χ0) is 23.5. The van der Waals surface area contributed by atoms with Crippen molar-refractivity contribution in [2.75, 3.05) is 23.1 Å². The van der Waals surface area contributed by atoms with Crippen LogP contribution in [0.3, 0.4) is 0 Å². The summed E-state index contributed by atoms with van der Waals surface area (Å²) in [6, 6.07) is 14.2. The molecule has 12 heteroatoms. The van der Waals surface area contributed by atoms with Gasteiger partial charge in [-0.15, -0.1) is 0 Å². The molecule has 0 saturated carbocycles. The average molecular weight is 488 g/mol. The van der Waals surface area contributed by atoms with Gasteiger partial charge in [-0.2, -0.15) is 0 Å². The summed E-state index contributed by atoms with van der Waals surface area (Å²) < 4.78 is 60.1. The topological polar surface area (TPSA) is 143 Å². The predicted molar refractivity (Wildman–Crippen MR) is 124 cm³/mol. The summed E-state index contributed by atoms with van der Waals surface area (Å²) in [6.45, 7) is 2.09. The van der Waals surface area contributed by atoms with Crippen LogP contribution in [0.25, 0.3) is 10.8 Å². The molecule has 2 aromatic heterocycles. The molecule has 172 valence electrons. The highest BCUT2D eigenvalue weighted by Crippen LogP contribution is 2.22. The minimum Gasteiger partial charge on any atom is -0.384 e. The standard InChI is InChI=1S/C21H21N5O5S2/c1-15-13-21(25-31-15)26-32(27,28)18-7-5-17(6-8-18)23-11-12-24-33(29,30)20-4-2-3-16-14-22-10-9-19(16)20/h2-10,13-14,23-24H,11-12H2,1H3,(H,25,26). The third-order valence-corrected chi connectivity index (χ3v) is 7.60. The Morgan fingerprint density at radius 3 is 2.45 bits per heavy atom. The summed E-state index contributed by atoms with van der Waals surface area (Å²) in [5.41, 5.74) is 0.640. The van der Waals surface area contributed by atoms with Gasteiger partial charge in [0.25, 0.3) is 10.0 Å². The molecule has 0 aliphatic rings. The van der Waals surface area contributed by atoms with Crippen LogP contribution in [0.4, 0.5) is 11.5 Å². The largest absolute Gasteiger partial charge is 0.384 e. The highest BCUT2D eigenvalue weighted by atomic mass is 32.2. The van der Waals surface area contributed by atoms with Gasteiger partial charge in [0.2, 0.25) is 10.0 Å². The molecule has 0 amide bonds. The van der Waals surface area contributed by atoms with Crippen LogP contribution in [0.5, 0.6) is 0 Å². The molecule has 0 aliphatic carbocycles. The van der Waals surface area contributed by atoms with Crippen molar-refractivity contribution in [3.05, 3.63) is 72.8 Å². The highest BCUT2D eigenvalue weighted by Gasteiger charge is 2.17. The summed E-state index contributed by atoms with van der Waals surface area (Å²) in [4.78, 5) is 4.26. The van der Waals surface area contributed by atoms with Crippen molar-refractivity contribution in [1.29, 1.82) is 0 Å². The van der Waals surface area contributed by atoms with E-state index in [1.165, 1.54) is 18.2 Å². The highest BCUT2D eigenvalue weighted by molar-refractivity contribution is 7.92. The number of benzene rings is 2. The van der Waals surface area contributed by atoms with Gasteiger partial charge >= 0.3 is 0 Å². The van der Waals surface area contributed by atoms with Gasteiger partial charge < -0.3 is 9.84 Å². The number of nitrogens with zero attached hydrogens (tertiary/aromatic N) is 2. The Labute approximate surface area is 191 Å². The second-order valence-electron chi connectivity index (χ2n) is 7.13. The van der Waals surface area contributed by atoms with Gasteiger partial charge in [-0.1, -0.05) is 17.3 Å². The fraction of sp³-hybridized carbons (Fsp3) is 0.143. The Morgan fingerprint density at radius 2 is 1.73 bits per heavy atom. The Bertz CT molecular complexity index is 1480. The van der Waals surface area contributed by atoms with Gasteiger partial charge in [-0.3, -0.25) is 9.71 Å². The van der Waals surface area contributed by atoms with E-state index in [1.54, 1.807) is 55.7 Å². The van der Waals surface area contributed by atoms with Crippen molar-refractivity contribution in [2.24, 2.45) is 0 Å². The number of rotatable bonds is 9. The smallest absolute Gasteiger partial charge is 0.263 e. The molecule has 2 heterocycles. The first kappa shape index (κ1) is 22.7. The number of sulfonamides is 2. The molecular formula is C21H21N5O5S2. The van der Waals surface area contributed by atoms with Crippen LogP contribution < -0.4 is 14.8 Å². The van der Waals surface area contributed by atoms with Crippen molar-refractivity contribution in [2.45, 2.75) is 16.7 Å². The zero-order valence-corrected chi connectivity index (χ0v) is 19.2. The SMILES string of the molecule is Cc1cc(NS(=O)(=O)c2ccc(NCCNS(=O)(=O)c3cccc4cnccc34)cc2)no1. The van der Waals surface area contributed by atoms with Crippen LogP contribution in [0.15, 0.2) is 81.3 Å². The number of hydrogen-bond acceptors (Lipinski definition) is 8. The maximum atomic E-state index is 12.7. The first-order chi connectivity index (χ1) is 15.7. The maximum absolute atomic E-state index is 12.7. The van der Waals surface area contributed by atoms with Crippen molar-refractivity contribution in [1.82, 2.24) is 14.9 Å². The monoisotopic (exact) mass is 487 g/mol. The molecule has 0 fully saturated rings. The van der Waals surface area contributed by atoms with Gasteiger partial charge in [0.05, 0.1) is 9.79 Å². The fourth-order valence-electron chi connectivity index (χ4n) is 3.16. The van der Waals surface area contributed by atoms with Crippen LogP contribution >= 0.6 is 0 Å². The zero-order valence-electron chi connectivity index (χ0n) is 17.5. The first-order valence-electron chi connectivity index (χ1n) is 9.87. The number of fused-ring (bicyclic) bond motifs is 1. The second kappa shape index (κ2) is 9.17. The van der Waals surface area contributed by atoms with Crippen molar-refractivity contribution in [3.8, 4) is 0 Å². The first-order valence-corrected chi connectivity index (χ1v) is 12.8. The molecule has 0 bridgehead atoms. The van der Waals surface area contributed by atoms with Crippen LogP contribution in [0, 0.1) is 6.92 Å². The van der Waals surface area contributed by atoms with Gasteiger partial charge in [0.1, 0.15) is 5.76 Å². The van der Waals surface area contributed by atoms with Crippen LogP contribution in [0.2, 0.25) is 0 Å². The fourth-order valence-corrected chi connectivity index (χ4v) is 5.40. The van der Waals surface area contributed by atoms with Crippen molar-refractivity contribution < 1.29 is 21.4 Å². The Hall–Kier alpha value is -3.48. The molecular weight excluding hydrogens is 466 g/mol. The summed E-state index contributed by atoms with van der Waals surface area (Å²) in [5, 5.41) is 8.01. The molecule has 3 N–H and O–H groups in total. The van der Waals surface area contributed by atoms with Crippen molar-refractivity contribution in [3.63, 3.8) is 0 Å². The lowest BCUT2D eigenvalue weighted by Crippen LogP contribution is -2.29. The molecule has 0 aliphatic heterocycles. The second-order valence-corrected chi connectivity index (χ2v) is 10.5. The predicted octanol–water partition coefficient (Wildman–Crippen LogP) is 2.72. The maximum Gasteiger partial charge on any atom is 0.263 e. The minimum atomic E-state index is -3.81. The number of hydrogen-bond donors (Lipinski definition) is 3. The number of aryl methyl sites for hydroxylation is 1.